The summed E-state index contributed by atoms with van der Waals surface area (Å²) < 4.78 is 5.59. The zero-order valence-electron chi connectivity index (χ0n) is 6.31. The van der Waals surface area contributed by atoms with E-state index in [0.717, 1.165) is 13.2 Å². The number of nitrogens with two attached hydrogens (primary N) is 1. The van der Waals surface area contributed by atoms with Gasteiger partial charge < -0.3 is 10.5 Å². The van der Waals surface area contributed by atoms with E-state index in [9.17, 15) is 0 Å². The SMILES string of the molecule is NC[C@@]12CCC[C@@H]1OCC2. The minimum atomic E-state index is 0.403. The highest BCUT2D eigenvalue weighted by atomic mass is 16.5. The summed E-state index contributed by atoms with van der Waals surface area (Å²) in [5, 5.41) is 0. The van der Waals surface area contributed by atoms with E-state index in [-0.39, 0.29) is 0 Å². The molecule has 0 amide bonds. The van der Waals surface area contributed by atoms with Crippen molar-refractivity contribution in [3.05, 3.63) is 0 Å². The van der Waals surface area contributed by atoms with Crippen molar-refractivity contribution in [2.24, 2.45) is 11.1 Å². The maximum Gasteiger partial charge on any atom is 0.0644 e. The Morgan fingerprint density at radius 1 is 1.50 bits per heavy atom. The van der Waals surface area contributed by atoms with Gasteiger partial charge in [0.2, 0.25) is 0 Å². The molecule has 1 aliphatic carbocycles. The smallest absolute Gasteiger partial charge is 0.0644 e. The molecule has 2 heteroatoms. The molecule has 1 aliphatic heterocycles. The Kier molecular flexibility index (Phi) is 1.46. The van der Waals surface area contributed by atoms with E-state index in [2.05, 4.69) is 0 Å². The van der Waals surface area contributed by atoms with Crippen molar-refractivity contribution < 1.29 is 4.74 Å². The van der Waals surface area contributed by atoms with Crippen molar-refractivity contribution >= 4 is 0 Å². The zero-order valence-corrected chi connectivity index (χ0v) is 6.31. The molecule has 2 N–H and O–H groups in total. The van der Waals surface area contributed by atoms with Crippen LogP contribution < -0.4 is 5.73 Å². The molecule has 0 aromatic carbocycles. The Morgan fingerprint density at radius 3 is 3.10 bits per heavy atom. The van der Waals surface area contributed by atoms with Gasteiger partial charge in [0.05, 0.1) is 6.10 Å². The molecule has 2 fully saturated rings. The van der Waals surface area contributed by atoms with Crippen LogP contribution in [0.3, 0.4) is 0 Å². The zero-order chi connectivity index (χ0) is 7.03. The summed E-state index contributed by atoms with van der Waals surface area (Å²) in [4.78, 5) is 0. The molecule has 1 heterocycles. The van der Waals surface area contributed by atoms with Gasteiger partial charge in [-0.25, -0.2) is 0 Å². The van der Waals surface area contributed by atoms with Crippen LogP contribution in [0.4, 0.5) is 0 Å². The lowest BCUT2D eigenvalue weighted by Gasteiger charge is -2.24. The summed E-state index contributed by atoms with van der Waals surface area (Å²) in [5.74, 6) is 0. The van der Waals surface area contributed by atoms with Crippen molar-refractivity contribution in [3.63, 3.8) is 0 Å². The number of ether oxygens (including phenoxy) is 1. The summed E-state index contributed by atoms with van der Waals surface area (Å²) >= 11 is 0. The molecule has 0 bridgehead atoms. The normalized spacial score (nSPS) is 45.9. The second kappa shape index (κ2) is 2.21. The van der Waals surface area contributed by atoms with Gasteiger partial charge in [-0.1, -0.05) is 6.42 Å². The predicted octanol–water partition coefficient (Wildman–Crippen LogP) is 0.904. The molecule has 0 aromatic rings. The van der Waals surface area contributed by atoms with Crippen LogP contribution in [-0.2, 0) is 4.74 Å². The molecule has 0 spiro atoms. The van der Waals surface area contributed by atoms with Crippen LogP contribution in [0.5, 0.6) is 0 Å². The third-order valence-corrected chi connectivity index (χ3v) is 3.15. The van der Waals surface area contributed by atoms with Gasteiger partial charge >= 0.3 is 0 Å². The van der Waals surface area contributed by atoms with Crippen molar-refractivity contribution in [3.8, 4) is 0 Å². The molecule has 2 rings (SSSR count). The molecule has 1 saturated heterocycles. The van der Waals surface area contributed by atoms with E-state index < -0.39 is 0 Å². The Labute approximate surface area is 61.7 Å². The van der Waals surface area contributed by atoms with Crippen molar-refractivity contribution in [1.29, 1.82) is 0 Å². The highest BCUT2D eigenvalue weighted by Gasteiger charge is 2.46. The second-order valence-electron chi connectivity index (χ2n) is 3.57. The minimum Gasteiger partial charge on any atom is -0.378 e. The quantitative estimate of drug-likeness (QED) is 0.589. The number of rotatable bonds is 1. The van der Waals surface area contributed by atoms with E-state index in [1.54, 1.807) is 0 Å². The Balaban J connectivity index is 2.15. The number of hydrogen-bond donors (Lipinski definition) is 1. The Hall–Kier alpha value is -0.0800. The fraction of sp³-hybridized carbons (Fsp3) is 1.00. The highest BCUT2D eigenvalue weighted by molar-refractivity contribution is 4.97. The molecular formula is C8H15NO. The summed E-state index contributed by atoms with van der Waals surface area (Å²) in [6, 6.07) is 0. The third-order valence-electron chi connectivity index (χ3n) is 3.15. The Morgan fingerprint density at radius 2 is 2.40 bits per heavy atom. The number of fused-ring (bicyclic) bond motifs is 1. The fourth-order valence-corrected chi connectivity index (χ4v) is 2.39. The maximum atomic E-state index is 5.73. The molecule has 58 valence electrons. The first-order valence-corrected chi connectivity index (χ1v) is 4.19. The van der Waals surface area contributed by atoms with E-state index in [1.165, 1.54) is 25.7 Å². The molecule has 1 saturated carbocycles. The lowest BCUT2D eigenvalue weighted by molar-refractivity contribution is 0.0735. The van der Waals surface area contributed by atoms with E-state index >= 15 is 0 Å². The van der Waals surface area contributed by atoms with Crippen molar-refractivity contribution in [1.82, 2.24) is 0 Å². The fourth-order valence-electron chi connectivity index (χ4n) is 2.39. The summed E-state index contributed by atoms with van der Waals surface area (Å²) in [7, 11) is 0. The van der Waals surface area contributed by atoms with Gasteiger partial charge in [0.25, 0.3) is 0 Å². The lowest BCUT2D eigenvalue weighted by atomic mass is 9.83. The molecule has 0 unspecified atom stereocenters. The van der Waals surface area contributed by atoms with Crippen LogP contribution in [0.15, 0.2) is 0 Å². The van der Waals surface area contributed by atoms with Gasteiger partial charge in [-0.2, -0.15) is 0 Å². The van der Waals surface area contributed by atoms with Gasteiger partial charge in [0, 0.05) is 18.6 Å². The molecular weight excluding hydrogens is 126 g/mol. The average Bonchev–Trinajstić information content (AvgIpc) is 2.42. The second-order valence-corrected chi connectivity index (χ2v) is 3.57. The van der Waals surface area contributed by atoms with Gasteiger partial charge in [0.1, 0.15) is 0 Å². The van der Waals surface area contributed by atoms with E-state index in [4.69, 9.17) is 10.5 Å². The Bertz CT molecular complexity index is 125. The van der Waals surface area contributed by atoms with Crippen LogP contribution in [0.1, 0.15) is 25.7 Å². The van der Waals surface area contributed by atoms with Gasteiger partial charge in [-0.3, -0.25) is 0 Å². The largest absolute Gasteiger partial charge is 0.378 e. The first-order valence-electron chi connectivity index (χ1n) is 4.19. The average molecular weight is 141 g/mol. The third kappa shape index (κ3) is 0.722. The summed E-state index contributed by atoms with van der Waals surface area (Å²) in [6.45, 7) is 1.78. The van der Waals surface area contributed by atoms with Crippen LogP contribution >= 0.6 is 0 Å². The monoisotopic (exact) mass is 141 g/mol. The highest BCUT2D eigenvalue weighted by Crippen LogP contribution is 2.46. The molecule has 2 atom stereocenters. The summed E-state index contributed by atoms with van der Waals surface area (Å²) in [5.41, 5.74) is 6.13. The number of hydrogen-bond acceptors (Lipinski definition) is 2. The first-order chi connectivity index (χ1) is 4.87. The van der Waals surface area contributed by atoms with Crippen LogP contribution in [0.2, 0.25) is 0 Å². The molecule has 10 heavy (non-hydrogen) atoms. The van der Waals surface area contributed by atoms with Crippen LogP contribution in [0, 0.1) is 5.41 Å². The topological polar surface area (TPSA) is 35.2 Å². The van der Waals surface area contributed by atoms with E-state index in [1.807, 2.05) is 0 Å². The summed E-state index contributed by atoms with van der Waals surface area (Å²) in [6.07, 6.45) is 5.58. The maximum absolute atomic E-state index is 5.73. The lowest BCUT2D eigenvalue weighted by Crippen LogP contribution is -2.33. The van der Waals surface area contributed by atoms with Gasteiger partial charge in [-0.05, 0) is 19.3 Å². The van der Waals surface area contributed by atoms with Crippen LogP contribution in [-0.4, -0.2) is 19.3 Å². The van der Waals surface area contributed by atoms with Crippen molar-refractivity contribution in [2.45, 2.75) is 31.8 Å². The van der Waals surface area contributed by atoms with Gasteiger partial charge in [-0.15, -0.1) is 0 Å². The predicted molar refractivity (Wildman–Crippen MR) is 39.7 cm³/mol. The first kappa shape index (κ1) is 6.62. The minimum absolute atomic E-state index is 0.403. The molecule has 0 radical (unpaired) electrons. The van der Waals surface area contributed by atoms with Crippen LogP contribution in [0.25, 0.3) is 0 Å². The standard InChI is InChI=1S/C8H15NO/c9-6-8-3-1-2-7(8)10-5-4-8/h7H,1-6,9H2/t7-,8-/m0/s1. The molecule has 0 aromatic heterocycles. The van der Waals surface area contributed by atoms with Crippen molar-refractivity contribution in [2.75, 3.05) is 13.2 Å². The molecule has 2 nitrogen and oxygen atoms in total. The van der Waals surface area contributed by atoms with Gasteiger partial charge in [0.15, 0.2) is 0 Å². The molecule has 2 aliphatic rings. The van der Waals surface area contributed by atoms with E-state index in [0.29, 0.717) is 11.5 Å².